The van der Waals surface area contributed by atoms with E-state index in [1.165, 1.54) is 0 Å². The summed E-state index contributed by atoms with van der Waals surface area (Å²) in [6, 6.07) is 8.81. The molecule has 0 fully saturated rings. The monoisotopic (exact) mass is 354 g/mol. The average Bonchev–Trinajstić information content (AvgIpc) is 2.54. The lowest BCUT2D eigenvalue weighted by molar-refractivity contribution is -0.140. The van der Waals surface area contributed by atoms with Gasteiger partial charge in [-0.2, -0.15) is 13.2 Å². The smallest absolute Gasteiger partial charge is 0.419 e. The van der Waals surface area contributed by atoms with Crippen molar-refractivity contribution in [1.82, 2.24) is 0 Å². The van der Waals surface area contributed by atoms with E-state index in [2.05, 4.69) is 6.92 Å². The van der Waals surface area contributed by atoms with Crippen LogP contribution in [-0.4, -0.2) is 5.97 Å². The minimum atomic E-state index is -4.79. The van der Waals surface area contributed by atoms with Crippen molar-refractivity contribution < 1.29 is 27.1 Å². The normalized spacial score (nSPS) is 11.4. The molecule has 2 rings (SSSR count). The topological polar surface area (TPSA) is 26.3 Å². The SMILES string of the molecule is CCCCCc1ccc(C(=O)Oc2ccc(C(F)(F)F)c(F)c2)cc1. The van der Waals surface area contributed by atoms with Crippen LogP contribution in [0.1, 0.15) is 47.7 Å². The molecule has 2 aromatic rings. The van der Waals surface area contributed by atoms with Gasteiger partial charge in [-0.15, -0.1) is 0 Å². The maximum absolute atomic E-state index is 13.5. The summed E-state index contributed by atoms with van der Waals surface area (Å²) in [5.74, 6) is -2.51. The van der Waals surface area contributed by atoms with E-state index in [1.807, 2.05) is 0 Å². The number of benzene rings is 2. The molecule has 0 aliphatic rings. The number of carbonyl (C=O) groups is 1. The Labute approximate surface area is 143 Å². The van der Waals surface area contributed by atoms with Gasteiger partial charge in [-0.05, 0) is 42.7 Å². The van der Waals surface area contributed by atoms with E-state index >= 15 is 0 Å². The summed E-state index contributed by atoms with van der Waals surface area (Å²) in [5.41, 5.74) is -0.0612. The van der Waals surface area contributed by atoms with Gasteiger partial charge in [0, 0.05) is 6.07 Å². The second-order valence-corrected chi connectivity index (χ2v) is 5.68. The van der Waals surface area contributed by atoms with Gasteiger partial charge in [0.25, 0.3) is 0 Å². The molecule has 25 heavy (non-hydrogen) atoms. The Balaban J connectivity index is 2.03. The largest absolute Gasteiger partial charge is 0.423 e. The Bertz CT molecular complexity index is 721. The van der Waals surface area contributed by atoms with Gasteiger partial charge in [0.15, 0.2) is 0 Å². The first kappa shape index (κ1) is 19.0. The van der Waals surface area contributed by atoms with E-state index in [0.29, 0.717) is 12.1 Å². The summed E-state index contributed by atoms with van der Waals surface area (Å²) < 4.78 is 56.0. The van der Waals surface area contributed by atoms with Gasteiger partial charge in [0.1, 0.15) is 11.6 Å². The molecular weight excluding hydrogens is 336 g/mol. The van der Waals surface area contributed by atoms with Crippen LogP contribution in [0.3, 0.4) is 0 Å². The van der Waals surface area contributed by atoms with Gasteiger partial charge in [-0.3, -0.25) is 0 Å². The standard InChI is InChI=1S/C19H18F4O2/c1-2-3-4-5-13-6-8-14(9-7-13)18(24)25-15-10-11-16(17(20)12-15)19(21,22)23/h6-12H,2-5H2,1H3. The van der Waals surface area contributed by atoms with E-state index in [4.69, 9.17) is 4.74 Å². The number of halogens is 4. The molecule has 2 nitrogen and oxygen atoms in total. The predicted octanol–water partition coefficient (Wildman–Crippen LogP) is 5.80. The van der Waals surface area contributed by atoms with Crippen molar-refractivity contribution >= 4 is 5.97 Å². The lowest BCUT2D eigenvalue weighted by Crippen LogP contribution is -2.11. The third kappa shape index (κ3) is 5.31. The Morgan fingerprint density at radius 2 is 1.72 bits per heavy atom. The predicted molar refractivity (Wildman–Crippen MR) is 86.0 cm³/mol. The van der Waals surface area contributed by atoms with Crippen molar-refractivity contribution in [1.29, 1.82) is 0 Å². The van der Waals surface area contributed by atoms with Crippen LogP contribution >= 0.6 is 0 Å². The first-order valence-corrected chi connectivity index (χ1v) is 7.99. The number of hydrogen-bond donors (Lipinski definition) is 0. The molecule has 134 valence electrons. The number of alkyl halides is 3. The minimum absolute atomic E-state index is 0.250. The molecule has 0 atom stereocenters. The number of carbonyl (C=O) groups excluding carboxylic acids is 1. The highest BCUT2D eigenvalue weighted by molar-refractivity contribution is 5.91. The van der Waals surface area contributed by atoms with Crippen molar-refractivity contribution in [2.24, 2.45) is 0 Å². The first-order valence-electron chi connectivity index (χ1n) is 7.99. The molecule has 0 amide bonds. The Morgan fingerprint density at radius 1 is 1.04 bits per heavy atom. The maximum atomic E-state index is 13.5. The van der Waals surface area contributed by atoms with E-state index in [-0.39, 0.29) is 11.3 Å². The molecule has 0 aromatic heterocycles. The Hall–Kier alpha value is -2.37. The fourth-order valence-electron chi connectivity index (χ4n) is 2.34. The average molecular weight is 354 g/mol. The third-order valence-corrected chi connectivity index (χ3v) is 3.72. The number of hydrogen-bond acceptors (Lipinski definition) is 2. The van der Waals surface area contributed by atoms with Gasteiger partial charge in [-0.1, -0.05) is 31.9 Å². The zero-order chi connectivity index (χ0) is 18.4. The molecule has 2 aromatic carbocycles. The second kappa shape index (κ2) is 8.14. The highest BCUT2D eigenvalue weighted by atomic mass is 19.4. The third-order valence-electron chi connectivity index (χ3n) is 3.72. The van der Waals surface area contributed by atoms with E-state index in [9.17, 15) is 22.4 Å². The zero-order valence-corrected chi connectivity index (χ0v) is 13.7. The summed E-state index contributed by atoms with van der Waals surface area (Å²) in [6.45, 7) is 2.11. The molecule has 0 N–H and O–H groups in total. The van der Waals surface area contributed by atoms with Crippen molar-refractivity contribution in [3.8, 4) is 5.75 Å². The van der Waals surface area contributed by atoms with Gasteiger partial charge >= 0.3 is 12.1 Å². The van der Waals surface area contributed by atoms with Crippen molar-refractivity contribution in [3.05, 3.63) is 65.0 Å². The van der Waals surface area contributed by atoms with Crippen molar-refractivity contribution in [2.45, 2.75) is 38.8 Å². The molecule has 0 saturated heterocycles. The van der Waals surface area contributed by atoms with E-state index < -0.39 is 23.5 Å². The maximum Gasteiger partial charge on any atom is 0.419 e. The highest BCUT2D eigenvalue weighted by Crippen LogP contribution is 2.33. The molecule has 0 saturated carbocycles. The minimum Gasteiger partial charge on any atom is -0.423 e. The molecule has 0 unspecified atom stereocenters. The van der Waals surface area contributed by atoms with E-state index in [1.54, 1.807) is 24.3 Å². The van der Waals surface area contributed by atoms with Crippen LogP contribution in [0.25, 0.3) is 0 Å². The Kier molecular flexibility index (Phi) is 6.17. The van der Waals surface area contributed by atoms with Crippen LogP contribution in [0, 0.1) is 5.82 Å². The van der Waals surface area contributed by atoms with Crippen molar-refractivity contribution in [3.63, 3.8) is 0 Å². The summed E-state index contributed by atoms with van der Waals surface area (Å²) in [6.07, 6.45) is -0.573. The molecule has 0 radical (unpaired) electrons. The fraction of sp³-hybridized carbons (Fsp3) is 0.316. The molecule has 6 heteroatoms. The van der Waals surface area contributed by atoms with Crippen LogP contribution in [-0.2, 0) is 12.6 Å². The van der Waals surface area contributed by atoms with Crippen LogP contribution in [0.4, 0.5) is 17.6 Å². The number of esters is 1. The summed E-state index contributed by atoms with van der Waals surface area (Å²) in [4.78, 5) is 12.0. The van der Waals surface area contributed by atoms with Gasteiger partial charge in [0.05, 0.1) is 11.1 Å². The number of unbranched alkanes of at least 4 members (excludes halogenated alkanes) is 2. The van der Waals surface area contributed by atoms with Gasteiger partial charge in [0.2, 0.25) is 0 Å². The molecule has 0 heterocycles. The molecule has 0 aliphatic heterocycles. The summed E-state index contributed by atoms with van der Waals surface area (Å²) >= 11 is 0. The molecule has 0 spiro atoms. The van der Waals surface area contributed by atoms with Crippen LogP contribution < -0.4 is 4.74 Å². The van der Waals surface area contributed by atoms with Crippen molar-refractivity contribution in [2.75, 3.05) is 0 Å². The first-order chi connectivity index (χ1) is 11.8. The number of aryl methyl sites for hydroxylation is 1. The fourth-order valence-corrected chi connectivity index (χ4v) is 2.34. The quantitative estimate of drug-likeness (QED) is 0.284. The summed E-state index contributed by atoms with van der Waals surface area (Å²) in [5, 5.41) is 0. The highest BCUT2D eigenvalue weighted by Gasteiger charge is 2.34. The van der Waals surface area contributed by atoms with Crippen LogP contribution in [0.15, 0.2) is 42.5 Å². The van der Waals surface area contributed by atoms with E-state index in [0.717, 1.165) is 37.3 Å². The van der Waals surface area contributed by atoms with Gasteiger partial charge < -0.3 is 4.74 Å². The number of ether oxygens (including phenoxy) is 1. The Morgan fingerprint density at radius 3 is 2.28 bits per heavy atom. The van der Waals surface area contributed by atoms with Crippen LogP contribution in [0.5, 0.6) is 5.75 Å². The molecule has 0 aliphatic carbocycles. The lowest BCUT2D eigenvalue weighted by Gasteiger charge is -2.10. The summed E-state index contributed by atoms with van der Waals surface area (Å²) in [7, 11) is 0. The zero-order valence-electron chi connectivity index (χ0n) is 13.7. The van der Waals surface area contributed by atoms with Gasteiger partial charge in [-0.25, -0.2) is 9.18 Å². The number of rotatable bonds is 6. The van der Waals surface area contributed by atoms with Crippen LogP contribution in [0.2, 0.25) is 0 Å². The second-order valence-electron chi connectivity index (χ2n) is 5.68. The molecule has 0 bridgehead atoms. The molecular formula is C19H18F4O2. The lowest BCUT2D eigenvalue weighted by atomic mass is 10.1.